The molecule has 0 aliphatic rings. The maximum Gasteiger partial charge on any atom is 0.411 e. The van der Waals surface area contributed by atoms with E-state index in [4.69, 9.17) is 15.2 Å². The largest absolute Gasteiger partial charge is 0.450 e. The Morgan fingerprint density at radius 1 is 0.587 bits per heavy atom. The summed E-state index contributed by atoms with van der Waals surface area (Å²) in [6, 6.07) is 35.8. The van der Waals surface area contributed by atoms with Crippen molar-refractivity contribution in [1.82, 2.24) is 30.2 Å². The van der Waals surface area contributed by atoms with Crippen LogP contribution in [0.5, 0.6) is 0 Å². The summed E-state index contributed by atoms with van der Waals surface area (Å²) in [4.78, 5) is 70.5. The number of nitrogens with one attached hydrogen (secondary N) is 4. The molecular formula is C46H49N9O8. The van der Waals surface area contributed by atoms with E-state index < -0.39 is 12.2 Å². The van der Waals surface area contributed by atoms with Crippen LogP contribution in [0.2, 0.25) is 0 Å². The predicted molar refractivity (Wildman–Crippen MR) is 239 cm³/mol. The number of benzene rings is 4. The number of ether oxygens (including phenoxy) is 2. The van der Waals surface area contributed by atoms with Crippen molar-refractivity contribution in [3.63, 3.8) is 0 Å². The zero-order chi connectivity index (χ0) is 45.1. The quantitative estimate of drug-likeness (QED) is 0.0894. The van der Waals surface area contributed by atoms with Gasteiger partial charge in [0.05, 0.1) is 44.2 Å². The first-order chi connectivity index (χ1) is 30.4. The van der Waals surface area contributed by atoms with E-state index in [0.29, 0.717) is 42.5 Å². The first-order valence-corrected chi connectivity index (χ1v) is 20.0. The molecule has 0 spiro atoms. The molecule has 63 heavy (non-hydrogen) atoms. The van der Waals surface area contributed by atoms with Gasteiger partial charge in [0.2, 0.25) is 11.8 Å². The van der Waals surface area contributed by atoms with E-state index in [1.54, 1.807) is 62.4 Å². The topological polar surface area (TPSA) is 231 Å². The molecule has 6 N–H and O–H groups in total. The molecule has 4 aromatic carbocycles. The van der Waals surface area contributed by atoms with Gasteiger partial charge in [-0.2, -0.15) is 10.2 Å². The highest BCUT2D eigenvalue weighted by Crippen LogP contribution is 2.19. The van der Waals surface area contributed by atoms with Crippen LogP contribution in [0.15, 0.2) is 131 Å². The van der Waals surface area contributed by atoms with Gasteiger partial charge in [0.15, 0.2) is 0 Å². The summed E-state index contributed by atoms with van der Waals surface area (Å²) in [5.41, 5.74) is 12.9. The number of aromatic nitrogens is 4. The lowest BCUT2D eigenvalue weighted by Crippen LogP contribution is -2.35. The summed E-state index contributed by atoms with van der Waals surface area (Å²) >= 11 is 0. The molecule has 0 fully saturated rings. The Morgan fingerprint density at radius 3 is 1.48 bits per heavy atom. The molecule has 6 rings (SSSR count). The van der Waals surface area contributed by atoms with Gasteiger partial charge in [0.25, 0.3) is 11.1 Å². The standard InChI is InChI=1S/C25H27N5O5.C21H22N4O3/c1-3-35-25(34)28-21-6-4-5-19(13-21)16-30-24(33)12-11-22(29-30)20-9-7-18(8-10-20)14-27-23(32)15-26-17(2)31;1-2-28-21(27)23-18-5-3-4-16(12-18)14-25-20(26)11-10-19(24-25)17-8-6-15(13-22)7-9-17/h4-13H,3,14-16H2,1-2H3,(H,26,31)(H,27,32)(H,28,34);3-12H,2,13-14,22H2,1H3,(H,23,27). The van der Waals surface area contributed by atoms with Gasteiger partial charge >= 0.3 is 12.2 Å². The van der Waals surface area contributed by atoms with Gasteiger partial charge in [-0.3, -0.25) is 29.8 Å². The number of carbonyl (C=O) groups excluding carboxylic acids is 4. The zero-order valence-corrected chi connectivity index (χ0v) is 35.1. The third-order valence-corrected chi connectivity index (χ3v) is 9.02. The molecule has 0 radical (unpaired) electrons. The number of nitrogens with zero attached hydrogens (tertiary/aromatic N) is 4. The third-order valence-electron chi connectivity index (χ3n) is 9.02. The maximum atomic E-state index is 12.4. The molecule has 17 heteroatoms. The lowest BCUT2D eigenvalue weighted by Gasteiger charge is -2.10. The number of nitrogens with two attached hydrogens (primary N) is 1. The number of carbonyl (C=O) groups is 4. The van der Waals surface area contributed by atoms with E-state index in [1.165, 1.54) is 28.4 Å². The monoisotopic (exact) mass is 855 g/mol. The van der Waals surface area contributed by atoms with Crippen LogP contribution in [0.3, 0.4) is 0 Å². The van der Waals surface area contributed by atoms with Crippen LogP contribution in [0.25, 0.3) is 22.5 Å². The second kappa shape index (κ2) is 23.2. The van der Waals surface area contributed by atoms with Gasteiger partial charge in [-0.1, -0.05) is 72.8 Å². The van der Waals surface area contributed by atoms with Crippen LogP contribution in [-0.2, 0) is 45.2 Å². The Kier molecular flexibility index (Phi) is 17.0. The molecule has 0 saturated heterocycles. The summed E-state index contributed by atoms with van der Waals surface area (Å²) in [5.74, 6) is -0.543. The summed E-state index contributed by atoms with van der Waals surface area (Å²) in [6.07, 6.45) is -1.06. The normalized spacial score (nSPS) is 10.4. The first kappa shape index (κ1) is 46.2. The fraction of sp³-hybridized carbons (Fsp3) is 0.217. The predicted octanol–water partition coefficient (Wildman–Crippen LogP) is 5.27. The van der Waals surface area contributed by atoms with Crippen LogP contribution in [-0.4, -0.2) is 63.3 Å². The van der Waals surface area contributed by atoms with Crippen molar-refractivity contribution in [3.05, 3.63) is 164 Å². The Labute approximate surface area is 363 Å². The van der Waals surface area contributed by atoms with Crippen molar-refractivity contribution in [2.45, 2.75) is 47.0 Å². The Morgan fingerprint density at radius 2 is 1.05 bits per heavy atom. The lowest BCUT2D eigenvalue weighted by atomic mass is 10.1. The minimum Gasteiger partial charge on any atom is -0.450 e. The van der Waals surface area contributed by atoms with Crippen LogP contribution in [0, 0.1) is 0 Å². The minimum absolute atomic E-state index is 0.0688. The summed E-state index contributed by atoms with van der Waals surface area (Å²) in [7, 11) is 0. The molecular weight excluding hydrogens is 807 g/mol. The van der Waals surface area contributed by atoms with Gasteiger partial charge in [-0.25, -0.2) is 19.0 Å². The number of anilines is 2. The van der Waals surface area contributed by atoms with E-state index in [-0.39, 0.29) is 49.2 Å². The molecule has 2 aromatic heterocycles. The van der Waals surface area contributed by atoms with Crippen molar-refractivity contribution >= 4 is 35.4 Å². The highest BCUT2D eigenvalue weighted by Gasteiger charge is 2.10. The summed E-state index contributed by atoms with van der Waals surface area (Å²) in [5, 5.41) is 19.4. The van der Waals surface area contributed by atoms with E-state index in [9.17, 15) is 28.8 Å². The number of hydrogen-bond acceptors (Lipinski definition) is 11. The molecule has 0 bridgehead atoms. The lowest BCUT2D eigenvalue weighted by molar-refractivity contribution is -0.125. The highest BCUT2D eigenvalue weighted by molar-refractivity contribution is 5.85. The Balaban J connectivity index is 0.000000243. The smallest absolute Gasteiger partial charge is 0.411 e. The molecule has 4 amide bonds. The average molecular weight is 856 g/mol. The molecule has 0 unspecified atom stereocenters. The van der Waals surface area contributed by atoms with Gasteiger partial charge in [-0.15, -0.1) is 0 Å². The van der Waals surface area contributed by atoms with Crippen molar-refractivity contribution in [2.75, 3.05) is 30.4 Å². The molecule has 0 aliphatic carbocycles. The summed E-state index contributed by atoms with van der Waals surface area (Å²) < 4.78 is 12.5. The van der Waals surface area contributed by atoms with Crippen molar-refractivity contribution < 1.29 is 28.7 Å². The fourth-order valence-electron chi connectivity index (χ4n) is 5.92. The van der Waals surface area contributed by atoms with Crippen LogP contribution < -0.4 is 38.1 Å². The van der Waals surface area contributed by atoms with Crippen LogP contribution in [0.4, 0.5) is 21.0 Å². The van der Waals surface area contributed by atoms with Crippen LogP contribution >= 0.6 is 0 Å². The van der Waals surface area contributed by atoms with E-state index in [2.05, 4.69) is 31.5 Å². The van der Waals surface area contributed by atoms with Gasteiger partial charge < -0.3 is 25.8 Å². The third kappa shape index (κ3) is 14.6. The summed E-state index contributed by atoms with van der Waals surface area (Å²) in [6.45, 7) is 6.62. The van der Waals surface area contributed by atoms with E-state index >= 15 is 0 Å². The maximum absolute atomic E-state index is 12.4. The van der Waals surface area contributed by atoms with Crippen molar-refractivity contribution in [1.29, 1.82) is 0 Å². The van der Waals surface area contributed by atoms with Crippen molar-refractivity contribution in [2.24, 2.45) is 5.73 Å². The molecule has 0 aliphatic heterocycles. The molecule has 0 atom stereocenters. The van der Waals surface area contributed by atoms with Gasteiger partial charge in [-0.05, 0) is 72.5 Å². The highest BCUT2D eigenvalue weighted by atomic mass is 16.6. The molecule has 2 heterocycles. The Hall–Kier alpha value is -7.92. The number of hydrogen-bond donors (Lipinski definition) is 5. The minimum atomic E-state index is -0.544. The SMILES string of the molecule is CCOC(=O)Nc1cccc(Cn2nc(-c3ccc(CN)cc3)ccc2=O)c1.CCOC(=O)Nc1cccc(Cn2nc(-c3ccc(CNC(=O)CNC(C)=O)cc3)ccc2=O)c1. The molecule has 6 aromatic rings. The second-order valence-electron chi connectivity index (χ2n) is 13.8. The van der Waals surface area contributed by atoms with E-state index in [1.807, 2.05) is 60.7 Å². The number of rotatable bonds is 15. The number of amides is 4. The van der Waals surface area contributed by atoms with Crippen LogP contribution in [0.1, 0.15) is 43.0 Å². The molecule has 17 nitrogen and oxygen atoms in total. The second-order valence-corrected chi connectivity index (χ2v) is 13.8. The fourth-order valence-corrected chi connectivity index (χ4v) is 5.92. The Bertz CT molecular complexity index is 2630. The van der Waals surface area contributed by atoms with E-state index in [0.717, 1.165) is 33.4 Å². The first-order valence-electron chi connectivity index (χ1n) is 20.0. The molecule has 326 valence electrons. The average Bonchev–Trinajstić information content (AvgIpc) is 3.27. The van der Waals surface area contributed by atoms with Crippen molar-refractivity contribution in [3.8, 4) is 22.5 Å². The van der Waals surface area contributed by atoms with Gasteiger partial charge in [0.1, 0.15) is 0 Å². The zero-order valence-electron chi connectivity index (χ0n) is 35.1. The molecule has 0 saturated carbocycles. The van der Waals surface area contributed by atoms with Gasteiger partial charge in [0, 0.05) is 54.6 Å².